The molecule has 2 aliphatic rings. The molecule has 11 heteroatoms. The summed E-state index contributed by atoms with van der Waals surface area (Å²) >= 11 is 0.881. The lowest BCUT2D eigenvalue weighted by Gasteiger charge is -2.22. The number of urea groups is 1. The van der Waals surface area contributed by atoms with Crippen LogP contribution in [0.3, 0.4) is 0 Å². The van der Waals surface area contributed by atoms with E-state index in [1.165, 1.54) is 13.8 Å². The van der Waals surface area contributed by atoms with Crippen LogP contribution in [0.4, 0.5) is 10.5 Å². The number of nitrogens with one attached hydrogen (secondary N) is 2. The molecule has 2 amide bonds. The summed E-state index contributed by atoms with van der Waals surface area (Å²) in [5.74, 6) is -0.0178. The van der Waals surface area contributed by atoms with Crippen LogP contribution in [0.2, 0.25) is 0 Å². The molecular weight excluding hydrogens is 440 g/mol. The molecular formula is C20H26N4O5S2. The molecule has 1 aromatic heterocycles. The van der Waals surface area contributed by atoms with Gasteiger partial charge in [0.25, 0.3) is 0 Å². The highest BCUT2D eigenvalue weighted by Gasteiger charge is 2.32. The summed E-state index contributed by atoms with van der Waals surface area (Å²) in [6.45, 7) is 2.47. The maximum atomic E-state index is 13.2. The predicted molar refractivity (Wildman–Crippen MR) is 119 cm³/mol. The summed E-state index contributed by atoms with van der Waals surface area (Å²) in [6.07, 6.45) is 3.64. The molecule has 9 nitrogen and oxygen atoms in total. The van der Waals surface area contributed by atoms with Gasteiger partial charge in [-0.2, -0.15) is 0 Å². The zero-order valence-electron chi connectivity index (χ0n) is 17.3. The molecule has 0 saturated carbocycles. The Morgan fingerprint density at radius 1 is 1.29 bits per heavy atom. The molecule has 0 atom stereocenters. The lowest BCUT2D eigenvalue weighted by molar-refractivity contribution is 0.0778. The molecule has 1 heterocycles. The van der Waals surface area contributed by atoms with E-state index in [9.17, 15) is 24.0 Å². The number of nitrogens with zero attached hydrogens (tertiary/aromatic N) is 1. The molecule has 0 fully saturated rings. The molecule has 0 bridgehead atoms. The van der Waals surface area contributed by atoms with Gasteiger partial charge < -0.3 is 15.5 Å². The van der Waals surface area contributed by atoms with E-state index in [4.69, 9.17) is 5.14 Å². The van der Waals surface area contributed by atoms with Crippen LogP contribution in [0.25, 0.3) is 0 Å². The number of thiazole rings is 1. The highest BCUT2D eigenvalue weighted by molar-refractivity contribution is 8.01. The standard InChI is InChI=1S/C20H26N4O5S2/c1-20(2,28)18-22-13(9-25)17(30-18)31(21,29)24-19(27)23-16-12-5-3-4-10(12)8-11-6-7-14(26)15(11)16/h8,25,28,31H,3-7,9H2,1-2H3,(H4,21,23,24,27,29). The Labute approximate surface area is 184 Å². The minimum absolute atomic E-state index is 0.0156. The van der Waals surface area contributed by atoms with Crippen LogP contribution in [0.1, 0.15) is 64.4 Å². The Morgan fingerprint density at radius 2 is 2.03 bits per heavy atom. The van der Waals surface area contributed by atoms with Crippen LogP contribution in [0.5, 0.6) is 0 Å². The quantitative estimate of drug-likeness (QED) is 0.367. The molecule has 168 valence electrons. The third-order valence-electron chi connectivity index (χ3n) is 5.54. The van der Waals surface area contributed by atoms with Gasteiger partial charge in [-0.25, -0.2) is 14.0 Å². The lowest BCUT2D eigenvalue weighted by Crippen LogP contribution is -2.45. The van der Waals surface area contributed by atoms with Crippen LogP contribution >= 0.6 is 11.3 Å². The smallest absolute Gasteiger partial charge is 0.330 e. The van der Waals surface area contributed by atoms with Gasteiger partial charge in [-0.15, -0.1) is 11.3 Å². The number of aliphatic hydroxyl groups excluding tert-OH is 1. The van der Waals surface area contributed by atoms with E-state index in [1.54, 1.807) is 0 Å². The fraction of sp³-hybridized carbons (Fsp3) is 0.450. The largest absolute Gasteiger partial charge is 0.390 e. The summed E-state index contributed by atoms with van der Waals surface area (Å²) in [5.41, 5.74) is 2.73. The summed E-state index contributed by atoms with van der Waals surface area (Å²) in [5, 5.41) is 28.7. The Bertz CT molecular complexity index is 1140. The number of thiol groups is 1. The molecule has 31 heavy (non-hydrogen) atoms. The van der Waals surface area contributed by atoms with Crippen LogP contribution in [0.15, 0.2) is 10.3 Å². The third-order valence-corrected chi connectivity index (χ3v) is 9.24. The highest BCUT2D eigenvalue weighted by atomic mass is 32.3. The number of fused-ring (bicyclic) bond motifs is 2. The summed E-state index contributed by atoms with van der Waals surface area (Å²) in [4.78, 5) is 29.4. The van der Waals surface area contributed by atoms with Crippen molar-refractivity contribution in [2.24, 2.45) is 5.14 Å². The molecule has 2 aliphatic carbocycles. The molecule has 0 radical (unpaired) electrons. The molecule has 0 saturated heterocycles. The van der Waals surface area contributed by atoms with Crippen molar-refractivity contribution in [2.75, 3.05) is 5.32 Å². The number of anilines is 1. The number of hydrogen-bond acceptors (Lipinski definition) is 7. The number of rotatable bonds is 5. The van der Waals surface area contributed by atoms with Gasteiger partial charge in [0.1, 0.15) is 14.8 Å². The zero-order chi connectivity index (χ0) is 22.6. The number of carbonyl (C=O) groups excluding carboxylic acids is 2. The second-order valence-corrected chi connectivity index (χ2v) is 11.7. The molecule has 4 rings (SSSR count). The Kier molecular flexibility index (Phi) is 5.51. The molecule has 6 N–H and O–H groups in total. The monoisotopic (exact) mass is 466 g/mol. The number of carbonyl (C=O) groups is 2. The van der Waals surface area contributed by atoms with Gasteiger partial charge in [0.2, 0.25) is 0 Å². The van der Waals surface area contributed by atoms with Crippen molar-refractivity contribution in [3.8, 4) is 0 Å². The van der Waals surface area contributed by atoms with E-state index in [2.05, 4.69) is 21.1 Å². The first kappa shape index (κ1) is 22.0. The number of ketones is 1. The number of nitrogens with two attached hydrogens (primary N) is 1. The van der Waals surface area contributed by atoms with Crippen molar-refractivity contribution in [3.63, 3.8) is 0 Å². The average Bonchev–Trinajstić information content (AvgIpc) is 3.38. The predicted octanol–water partition coefficient (Wildman–Crippen LogP) is 1.47. The first-order valence-corrected chi connectivity index (χ1v) is 12.6. The van der Waals surface area contributed by atoms with Gasteiger partial charge >= 0.3 is 6.03 Å². The van der Waals surface area contributed by atoms with E-state index in [0.717, 1.165) is 47.3 Å². The Hall–Kier alpha value is -2.18. The van der Waals surface area contributed by atoms with Gasteiger partial charge in [-0.05, 0) is 56.2 Å². The third kappa shape index (κ3) is 4.03. The van der Waals surface area contributed by atoms with Crippen LogP contribution in [0, 0.1) is 0 Å². The number of aromatic nitrogens is 1. The summed E-state index contributed by atoms with van der Waals surface area (Å²) in [6, 6.07) is 1.26. The summed E-state index contributed by atoms with van der Waals surface area (Å²) in [7, 11) is -3.96. The van der Waals surface area contributed by atoms with Crippen molar-refractivity contribution in [1.82, 2.24) is 9.71 Å². The van der Waals surface area contributed by atoms with E-state index < -0.39 is 28.5 Å². The van der Waals surface area contributed by atoms with Crippen molar-refractivity contribution < 1.29 is 24.0 Å². The lowest BCUT2D eigenvalue weighted by atomic mass is 9.98. The summed E-state index contributed by atoms with van der Waals surface area (Å²) < 4.78 is 15.5. The number of Topliss-reactive ketones (excluding diaryl/α,β-unsaturated/α-hetero) is 1. The normalized spacial score (nSPS) is 16.2. The maximum Gasteiger partial charge on any atom is 0.330 e. The average molecular weight is 467 g/mol. The number of benzene rings is 1. The number of aliphatic hydroxyl groups is 2. The van der Waals surface area contributed by atoms with E-state index in [-0.39, 0.29) is 20.7 Å². The fourth-order valence-electron chi connectivity index (χ4n) is 4.14. The van der Waals surface area contributed by atoms with Gasteiger partial charge in [0, 0.05) is 22.3 Å². The van der Waals surface area contributed by atoms with Crippen molar-refractivity contribution in [2.45, 2.75) is 62.4 Å². The molecule has 0 unspecified atom stereocenters. The van der Waals surface area contributed by atoms with E-state index in [1.807, 2.05) is 0 Å². The molecule has 0 spiro atoms. The SMILES string of the molecule is CC(C)(O)c1nc(CO)c([SH](N)(=O)NC(=O)Nc2c3c(cc4c2C(=O)CC4)CCC3)s1. The van der Waals surface area contributed by atoms with Gasteiger partial charge in [-0.1, -0.05) is 6.07 Å². The Morgan fingerprint density at radius 3 is 2.71 bits per heavy atom. The minimum Gasteiger partial charge on any atom is -0.390 e. The zero-order valence-corrected chi connectivity index (χ0v) is 19.0. The van der Waals surface area contributed by atoms with Gasteiger partial charge in [-0.3, -0.25) is 14.7 Å². The molecule has 2 aromatic rings. The van der Waals surface area contributed by atoms with Crippen LogP contribution < -0.4 is 15.2 Å². The van der Waals surface area contributed by atoms with Crippen molar-refractivity contribution >= 4 is 39.1 Å². The fourth-order valence-corrected chi connectivity index (χ4v) is 6.86. The first-order chi connectivity index (χ1) is 14.5. The Balaban J connectivity index is 1.63. The van der Waals surface area contributed by atoms with E-state index in [0.29, 0.717) is 24.1 Å². The number of aryl methyl sites for hydroxylation is 2. The minimum atomic E-state index is -3.96. The second-order valence-electron chi connectivity index (χ2n) is 8.41. The van der Waals surface area contributed by atoms with Gasteiger partial charge in [0.15, 0.2) is 5.78 Å². The topological polar surface area (TPSA) is 155 Å². The highest BCUT2D eigenvalue weighted by Crippen LogP contribution is 2.39. The molecule has 1 aromatic carbocycles. The molecule has 0 aliphatic heterocycles. The maximum absolute atomic E-state index is 13.2. The van der Waals surface area contributed by atoms with Crippen molar-refractivity contribution in [1.29, 1.82) is 0 Å². The van der Waals surface area contributed by atoms with E-state index >= 15 is 0 Å². The number of amides is 2. The van der Waals surface area contributed by atoms with Crippen LogP contribution in [-0.4, -0.2) is 31.2 Å². The second kappa shape index (κ2) is 7.75. The van der Waals surface area contributed by atoms with Gasteiger partial charge in [0.05, 0.1) is 18.0 Å². The van der Waals surface area contributed by atoms with Crippen molar-refractivity contribution in [3.05, 3.63) is 39.0 Å². The number of hydrogen-bond donors (Lipinski definition) is 6. The van der Waals surface area contributed by atoms with Crippen LogP contribution in [-0.2, 0) is 41.8 Å². The first-order valence-electron chi connectivity index (χ1n) is 10.0.